The predicted molar refractivity (Wildman–Crippen MR) is 129 cm³/mol. The Bertz CT molecular complexity index is 1060. The summed E-state index contributed by atoms with van der Waals surface area (Å²) in [4.78, 5) is 27.4. The average molecular weight is 523 g/mol. The number of benzene rings is 2. The van der Waals surface area contributed by atoms with Crippen molar-refractivity contribution in [3.05, 3.63) is 71.0 Å². The van der Waals surface area contributed by atoms with Crippen LogP contribution in [0, 0.1) is 5.82 Å². The van der Waals surface area contributed by atoms with Gasteiger partial charge in [-0.15, -0.1) is 0 Å². The maximum atomic E-state index is 13.1. The molecular weight excluding hydrogens is 492 g/mol. The summed E-state index contributed by atoms with van der Waals surface area (Å²) in [6.45, 7) is 2.94. The van der Waals surface area contributed by atoms with Crippen LogP contribution in [0.3, 0.4) is 0 Å². The van der Waals surface area contributed by atoms with Crippen molar-refractivity contribution in [2.75, 3.05) is 45.9 Å². The number of nitrogens with zero attached hydrogens (tertiary/aromatic N) is 1. The molecule has 11 heteroatoms. The second-order valence-corrected chi connectivity index (χ2v) is 9.20. The molecule has 1 aliphatic carbocycles. The normalized spacial score (nSPS) is 20.4. The van der Waals surface area contributed by atoms with Crippen molar-refractivity contribution in [3.63, 3.8) is 0 Å². The Balaban J connectivity index is 1.28. The second kappa shape index (κ2) is 12.0. The fourth-order valence-corrected chi connectivity index (χ4v) is 4.35. The number of hydrogen-bond donors (Lipinski definition) is 3. The first-order chi connectivity index (χ1) is 17.7. The molecule has 200 valence electrons. The molecule has 7 nitrogen and oxygen atoms in total. The van der Waals surface area contributed by atoms with Gasteiger partial charge in [0, 0.05) is 50.2 Å². The third-order valence-corrected chi connectivity index (χ3v) is 6.55. The molecule has 0 bridgehead atoms. The summed E-state index contributed by atoms with van der Waals surface area (Å²) in [6.07, 6.45) is -3.53. The zero-order valence-corrected chi connectivity index (χ0v) is 20.2. The number of halogens is 4. The smallest absolute Gasteiger partial charge is 0.378 e. The highest BCUT2D eigenvalue weighted by molar-refractivity contribution is 5.97. The van der Waals surface area contributed by atoms with E-state index in [0.29, 0.717) is 51.4 Å². The number of alkyl halides is 3. The van der Waals surface area contributed by atoms with E-state index in [0.717, 1.165) is 36.2 Å². The van der Waals surface area contributed by atoms with Crippen molar-refractivity contribution in [2.45, 2.75) is 30.6 Å². The van der Waals surface area contributed by atoms with E-state index in [1.54, 1.807) is 17.0 Å². The molecule has 3 N–H and O–H groups in total. The number of amides is 2. The summed E-state index contributed by atoms with van der Waals surface area (Å²) in [7, 11) is 0. The number of morpholine rings is 1. The lowest BCUT2D eigenvalue weighted by atomic mass is 10.1. The Kier molecular flexibility index (Phi) is 8.78. The van der Waals surface area contributed by atoms with Crippen LogP contribution in [0.1, 0.15) is 33.8 Å². The Morgan fingerprint density at radius 2 is 1.68 bits per heavy atom. The Morgan fingerprint density at radius 3 is 2.32 bits per heavy atom. The zero-order chi connectivity index (χ0) is 26.4. The summed E-state index contributed by atoms with van der Waals surface area (Å²) in [6, 6.07) is 9.79. The fourth-order valence-electron chi connectivity index (χ4n) is 4.35. The molecular formula is C26H30F4N4O3. The molecule has 0 aromatic heterocycles. The fraction of sp³-hybridized carbons (Fsp3) is 0.462. The van der Waals surface area contributed by atoms with Crippen LogP contribution >= 0.6 is 0 Å². The monoisotopic (exact) mass is 522 g/mol. The molecule has 37 heavy (non-hydrogen) atoms. The van der Waals surface area contributed by atoms with E-state index in [1.165, 1.54) is 12.1 Å². The number of rotatable bonds is 10. The lowest BCUT2D eigenvalue weighted by Crippen LogP contribution is -2.55. The van der Waals surface area contributed by atoms with Crippen LogP contribution in [0.4, 0.5) is 17.6 Å². The zero-order valence-electron chi connectivity index (χ0n) is 20.2. The molecule has 0 unspecified atom stereocenters. The van der Waals surface area contributed by atoms with Gasteiger partial charge in [0.05, 0.1) is 18.8 Å². The third-order valence-electron chi connectivity index (χ3n) is 6.55. The predicted octanol–water partition coefficient (Wildman–Crippen LogP) is 2.54. The molecule has 4 rings (SSSR count). The highest BCUT2D eigenvalue weighted by Gasteiger charge is 2.37. The van der Waals surface area contributed by atoms with Gasteiger partial charge >= 0.3 is 6.18 Å². The molecule has 1 heterocycles. The molecule has 2 aromatic carbocycles. The molecule has 1 aliphatic heterocycles. The van der Waals surface area contributed by atoms with Crippen molar-refractivity contribution in [1.29, 1.82) is 0 Å². The molecule has 3 atom stereocenters. The molecule has 0 spiro atoms. The SMILES string of the molecule is O=C(N[C@@H](CNCCN[C@@H]1C[C@H]1c1ccc(F)cc1)C(=O)N1CCOCC1)c1ccc(C(F)(F)F)cc1. The lowest BCUT2D eigenvalue weighted by molar-refractivity contribution is -0.138. The number of hydrogen-bond acceptors (Lipinski definition) is 5. The Labute approximate surface area is 212 Å². The summed E-state index contributed by atoms with van der Waals surface area (Å²) >= 11 is 0. The first-order valence-corrected chi connectivity index (χ1v) is 12.3. The minimum Gasteiger partial charge on any atom is -0.378 e. The van der Waals surface area contributed by atoms with E-state index in [2.05, 4.69) is 16.0 Å². The average Bonchev–Trinajstić information content (AvgIpc) is 3.67. The topological polar surface area (TPSA) is 82.7 Å². The summed E-state index contributed by atoms with van der Waals surface area (Å²) in [5.74, 6) is -0.813. The van der Waals surface area contributed by atoms with E-state index in [9.17, 15) is 27.2 Å². The van der Waals surface area contributed by atoms with Crippen molar-refractivity contribution in [2.24, 2.45) is 0 Å². The van der Waals surface area contributed by atoms with Gasteiger partial charge < -0.3 is 25.6 Å². The van der Waals surface area contributed by atoms with Gasteiger partial charge in [-0.1, -0.05) is 12.1 Å². The van der Waals surface area contributed by atoms with Crippen LogP contribution in [-0.2, 0) is 15.7 Å². The number of ether oxygens (including phenoxy) is 1. The molecule has 2 amide bonds. The van der Waals surface area contributed by atoms with Crippen LogP contribution in [-0.4, -0.2) is 74.7 Å². The Hall–Kier alpha value is -3.02. The van der Waals surface area contributed by atoms with Crippen molar-refractivity contribution in [3.8, 4) is 0 Å². The highest BCUT2D eigenvalue weighted by atomic mass is 19.4. The molecule has 2 aromatic rings. The summed E-state index contributed by atoms with van der Waals surface area (Å²) in [5, 5.41) is 9.27. The number of carbonyl (C=O) groups is 2. The van der Waals surface area contributed by atoms with Gasteiger partial charge in [0.1, 0.15) is 11.9 Å². The van der Waals surface area contributed by atoms with Gasteiger partial charge in [0.15, 0.2) is 0 Å². The van der Waals surface area contributed by atoms with Crippen LogP contribution in [0.5, 0.6) is 0 Å². The van der Waals surface area contributed by atoms with Crippen LogP contribution in [0.25, 0.3) is 0 Å². The van der Waals surface area contributed by atoms with Gasteiger partial charge in [-0.05, 0) is 48.4 Å². The molecule has 2 fully saturated rings. The van der Waals surface area contributed by atoms with Crippen LogP contribution in [0.2, 0.25) is 0 Å². The molecule has 0 radical (unpaired) electrons. The van der Waals surface area contributed by atoms with Crippen LogP contribution < -0.4 is 16.0 Å². The number of carbonyl (C=O) groups excluding carboxylic acids is 2. The van der Waals surface area contributed by atoms with Crippen molar-refractivity contribution >= 4 is 11.8 Å². The van der Waals surface area contributed by atoms with E-state index in [-0.39, 0.29) is 23.8 Å². The van der Waals surface area contributed by atoms with Crippen molar-refractivity contribution in [1.82, 2.24) is 20.9 Å². The minimum absolute atomic E-state index is 0.0370. The third kappa shape index (κ3) is 7.50. The maximum Gasteiger partial charge on any atom is 0.416 e. The maximum absolute atomic E-state index is 13.1. The lowest BCUT2D eigenvalue weighted by Gasteiger charge is -2.31. The first kappa shape index (κ1) is 27.0. The standard InChI is InChI=1S/C26H30F4N4O3/c27-20-7-3-17(4-8-20)21-15-22(21)32-10-9-31-16-23(25(36)34-11-13-37-14-12-34)33-24(35)18-1-5-19(6-2-18)26(28,29)30/h1-8,21-23,31-32H,9-16H2,(H,33,35)/t21-,22+,23-/m0/s1. The first-order valence-electron chi connectivity index (χ1n) is 12.3. The molecule has 1 saturated heterocycles. The van der Waals surface area contributed by atoms with Gasteiger partial charge in [-0.2, -0.15) is 13.2 Å². The van der Waals surface area contributed by atoms with E-state index < -0.39 is 23.7 Å². The van der Waals surface area contributed by atoms with Gasteiger partial charge in [0.25, 0.3) is 5.91 Å². The van der Waals surface area contributed by atoms with Crippen molar-refractivity contribution < 1.29 is 31.9 Å². The quantitative estimate of drug-likeness (QED) is 0.330. The summed E-state index contributed by atoms with van der Waals surface area (Å²) in [5.41, 5.74) is 0.278. The largest absolute Gasteiger partial charge is 0.416 e. The van der Waals surface area contributed by atoms with Gasteiger partial charge in [-0.25, -0.2) is 4.39 Å². The minimum atomic E-state index is -4.50. The molecule has 2 aliphatic rings. The van der Waals surface area contributed by atoms with Crippen LogP contribution in [0.15, 0.2) is 48.5 Å². The molecule has 1 saturated carbocycles. The van der Waals surface area contributed by atoms with Gasteiger partial charge in [0.2, 0.25) is 5.91 Å². The highest BCUT2D eigenvalue weighted by Crippen LogP contribution is 2.40. The van der Waals surface area contributed by atoms with E-state index in [1.807, 2.05) is 0 Å². The Morgan fingerprint density at radius 1 is 1.00 bits per heavy atom. The summed E-state index contributed by atoms with van der Waals surface area (Å²) < 4.78 is 56.9. The second-order valence-electron chi connectivity index (χ2n) is 9.20. The van der Waals surface area contributed by atoms with Gasteiger partial charge in [-0.3, -0.25) is 9.59 Å². The van der Waals surface area contributed by atoms with E-state index in [4.69, 9.17) is 4.74 Å². The number of nitrogens with one attached hydrogen (secondary N) is 3. The van der Waals surface area contributed by atoms with E-state index >= 15 is 0 Å².